The molecule has 2 N–H and O–H groups in total. The second kappa shape index (κ2) is 3.87. The highest BCUT2D eigenvalue weighted by Crippen LogP contribution is 2.06. The summed E-state index contributed by atoms with van der Waals surface area (Å²) in [5.74, 6) is 0.750. The van der Waals surface area contributed by atoms with Crippen LogP contribution >= 0.6 is 24.4 Å². The van der Waals surface area contributed by atoms with Gasteiger partial charge in [0.2, 0.25) is 21.2 Å². The second-order valence-electron chi connectivity index (χ2n) is 3.53. The van der Waals surface area contributed by atoms with Crippen LogP contribution in [-0.2, 0) is 0 Å². The van der Waals surface area contributed by atoms with Crippen molar-refractivity contribution in [1.29, 1.82) is 0 Å². The maximum Gasteiger partial charge on any atom is 0.289 e. The molecule has 20 heavy (non-hydrogen) atoms. The standard InChI is InChI=1S/C6H2N12S2/c19-5-13-11-3-9-7-1(15-17(3)5)2-8-10-4-12-14-6(20)18(4)16-2/h(H,13,19)(H,14,20). The number of nitrogens with one attached hydrogen (secondary N) is 2. The first-order chi connectivity index (χ1) is 9.72. The summed E-state index contributed by atoms with van der Waals surface area (Å²) in [5.41, 5.74) is 0. The number of aromatic nitrogens is 12. The molecule has 0 aliphatic carbocycles. The lowest BCUT2D eigenvalue weighted by Crippen LogP contribution is -2.07. The molecule has 0 aromatic carbocycles. The summed E-state index contributed by atoms with van der Waals surface area (Å²) in [6.45, 7) is 0. The van der Waals surface area contributed by atoms with Gasteiger partial charge >= 0.3 is 0 Å². The molecule has 4 rings (SSSR count). The Hall–Kier alpha value is -2.74. The molecule has 0 radical (unpaired) electrons. The molecule has 0 aliphatic rings. The van der Waals surface area contributed by atoms with Gasteiger partial charge in [-0.15, -0.1) is 40.8 Å². The zero-order valence-electron chi connectivity index (χ0n) is 9.29. The van der Waals surface area contributed by atoms with Crippen LogP contribution in [0.3, 0.4) is 0 Å². The van der Waals surface area contributed by atoms with E-state index in [0.29, 0.717) is 0 Å². The van der Waals surface area contributed by atoms with Crippen LogP contribution in [0.1, 0.15) is 0 Å². The number of nitrogens with zero attached hydrogens (tertiary/aromatic N) is 10. The van der Waals surface area contributed by atoms with Crippen molar-refractivity contribution in [3.63, 3.8) is 0 Å². The topological polar surface area (TPSA) is 144 Å². The summed E-state index contributed by atoms with van der Waals surface area (Å²) in [5, 5.41) is 36.4. The zero-order chi connectivity index (χ0) is 13.7. The molecule has 0 fully saturated rings. The Bertz CT molecular complexity index is 965. The Kier molecular flexibility index (Phi) is 2.15. The average Bonchev–Trinajstić information content (AvgIpc) is 3.03. The second-order valence-corrected chi connectivity index (χ2v) is 4.30. The van der Waals surface area contributed by atoms with E-state index in [1.54, 1.807) is 0 Å². The van der Waals surface area contributed by atoms with E-state index in [-0.39, 0.29) is 32.7 Å². The molecule has 14 heteroatoms. The van der Waals surface area contributed by atoms with Gasteiger partial charge in [0.25, 0.3) is 11.6 Å². The highest BCUT2D eigenvalue weighted by atomic mass is 32.1. The summed E-state index contributed by atoms with van der Waals surface area (Å²) in [6.07, 6.45) is 0. The normalized spacial score (nSPS) is 11.4. The van der Waals surface area contributed by atoms with Crippen LogP contribution in [0.5, 0.6) is 0 Å². The van der Waals surface area contributed by atoms with E-state index in [9.17, 15) is 0 Å². The lowest BCUT2D eigenvalue weighted by molar-refractivity contribution is 0.775. The van der Waals surface area contributed by atoms with Crippen molar-refractivity contribution >= 4 is 36.0 Å². The molecule has 4 heterocycles. The predicted molar refractivity (Wildman–Crippen MR) is 66.5 cm³/mol. The van der Waals surface area contributed by atoms with Crippen LogP contribution < -0.4 is 0 Å². The van der Waals surface area contributed by atoms with Gasteiger partial charge in [-0.25, -0.2) is 10.2 Å². The monoisotopic (exact) mass is 306 g/mol. The molecule has 0 bridgehead atoms. The van der Waals surface area contributed by atoms with E-state index in [2.05, 4.69) is 51.0 Å². The van der Waals surface area contributed by atoms with Gasteiger partial charge in [-0.2, -0.15) is 9.03 Å². The molecule has 98 valence electrons. The highest BCUT2D eigenvalue weighted by Gasteiger charge is 2.12. The van der Waals surface area contributed by atoms with E-state index in [1.165, 1.54) is 9.03 Å². The zero-order valence-corrected chi connectivity index (χ0v) is 10.9. The SMILES string of the molecule is S=c1[nH]nc2nnc(-c3nnc4n[nH]c(=S)n4n3)nn12. The fourth-order valence-electron chi connectivity index (χ4n) is 1.47. The Morgan fingerprint density at radius 2 is 1.15 bits per heavy atom. The van der Waals surface area contributed by atoms with Gasteiger partial charge in [0.15, 0.2) is 0 Å². The number of aromatic amines is 2. The van der Waals surface area contributed by atoms with Gasteiger partial charge in [-0.05, 0) is 24.4 Å². The van der Waals surface area contributed by atoms with Crippen molar-refractivity contribution in [2.45, 2.75) is 0 Å². The quantitative estimate of drug-likeness (QED) is 0.426. The van der Waals surface area contributed by atoms with Crippen molar-refractivity contribution in [2.24, 2.45) is 0 Å². The van der Waals surface area contributed by atoms with E-state index < -0.39 is 0 Å². The Morgan fingerprint density at radius 3 is 1.60 bits per heavy atom. The van der Waals surface area contributed by atoms with Crippen LogP contribution in [-0.4, -0.2) is 60.0 Å². The fourth-order valence-corrected chi connectivity index (χ4v) is 1.81. The van der Waals surface area contributed by atoms with Crippen molar-refractivity contribution in [3.05, 3.63) is 9.54 Å². The van der Waals surface area contributed by atoms with Gasteiger partial charge in [-0.3, -0.25) is 0 Å². The lowest BCUT2D eigenvalue weighted by Gasteiger charge is -1.96. The van der Waals surface area contributed by atoms with Crippen molar-refractivity contribution in [2.75, 3.05) is 0 Å². The number of fused-ring (bicyclic) bond motifs is 2. The maximum absolute atomic E-state index is 5.00. The van der Waals surface area contributed by atoms with Crippen molar-refractivity contribution in [3.8, 4) is 11.6 Å². The largest absolute Gasteiger partial charge is 0.289 e. The summed E-state index contributed by atoms with van der Waals surface area (Å²) >= 11 is 10.0. The van der Waals surface area contributed by atoms with Crippen LogP contribution in [0, 0.1) is 9.54 Å². The molecule has 0 amide bonds. The molecule has 0 saturated heterocycles. The third-order valence-corrected chi connectivity index (χ3v) is 2.85. The lowest BCUT2D eigenvalue weighted by atomic mass is 10.6. The highest BCUT2D eigenvalue weighted by molar-refractivity contribution is 7.71. The molecule has 0 aliphatic heterocycles. The first-order valence-corrected chi connectivity index (χ1v) is 5.91. The van der Waals surface area contributed by atoms with Gasteiger partial charge in [0.05, 0.1) is 0 Å². The molecule has 0 spiro atoms. The first-order valence-electron chi connectivity index (χ1n) is 5.09. The fraction of sp³-hybridized carbons (Fsp3) is 0. The number of hydrogen-bond donors (Lipinski definition) is 2. The van der Waals surface area contributed by atoms with Crippen LogP contribution in [0.15, 0.2) is 0 Å². The van der Waals surface area contributed by atoms with Crippen LogP contribution in [0.25, 0.3) is 23.2 Å². The molecule has 0 unspecified atom stereocenters. The van der Waals surface area contributed by atoms with Crippen molar-refractivity contribution in [1.82, 2.24) is 60.0 Å². The smallest absolute Gasteiger partial charge is 0.248 e. The first kappa shape index (κ1) is 11.1. The minimum atomic E-state index is 0.132. The van der Waals surface area contributed by atoms with E-state index >= 15 is 0 Å². The molecule has 4 aromatic heterocycles. The van der Waals surface area contributed by atoms with E-state index in [4.69, 9.17) is 24.4 Å². The Balaban J connectivity index is 1.99. The molecular weight excluding hydrogens is 304 g/mol. The van der Waals surface area contributed by atoms with Crippen LogP contribution in [0.4, 0.5) is 0 Å². The summed E-state index contributed by atoms with van der Waals surface area (Å²) in [7, 11) is 0. The minimum absolute atomic E-state index is 0.132. The maximum atomic E-state index is 5.00. The number of H-pyrrole nitrogens is 2. The van der Waals surface area contributed by atoms with E-state index in [0.717, 1.165) is 0 Å². The predicted octanol–water partition coefficient (Wildman–Crippen LogP) is -0.866. The Morgan fingerprint density at radius 1 is 0.700 bits per heavy atom. The molecule has 0 saturated carbocycles. The average molecular weight is 306 g/mol. The minimum Gasteiger partial charge on any atom is -0.248 e. The summed E-state index contributed by atoms with van der Waals surface area (Å²) < 4.78 is 3.18. The van der Waals surface area contributed by atoms with Gasteiger partial charge in [0, 0.05) is 0 Å². The Labute approximate surface area is 117 Å². The third kappa shape index (κ3) is 1.51. The number of hydrogen-bond acceptors (Lipinski definition) is 10. The molecule has 12 nitrogen and oxygen atoms in total. The van der Waals surface area contributed by atoms with Gasteiger partial charge in [-0.1, -0.05) is 0 Å². The summed E-state index contributed by atoms with van der Waals surface area (Å²) in [6, 6.07) is 0. The molecular formula is C6H2N12S2. The van der Waals surface area contributed by atoms with Gasteiger partial charge in [0.1, 0.15) is 0 Å². The van der Waals surface area contributed by atoms with Gasteiger partial charge < -0.3 is 0 Å². The molecule has 4 aromatic rings. The third-order valence-electron chi connectivity index (χ3n) is 2.32. The van der Waals surface area contributed by atoms with Crippen molar-refractivity contribution < 1.29 is 0 Å². The summed E-state index contributed by atoms with van der Waals surface area (Å²) in [4.78, 5) is 0. The molecule has 0 atom stereocenters. The van der Waals surface area contributed by atoms with E-state index in [1.807, 2.05) is 0 Å². The van der Waals surface area contributed by atoms with Crippen LogP contribution in [0.2, 0.25) is 0 Å². The number of rotatable bonds is 1.